The summed E-state index contributed by atoms with van der Waals surface area (Å²) in [5, 5.41) is 12.7. The molecule has 0 saturated heterocycles. The van der Waals surface area contributed by atoms with E-state index in [4.69, 9.17) is 5.11 Å². The number of hydrogen-bond donors (Lipinski definition) is 1. The lowest BCUT2D eigenvalue weighted by Crippen LogP contribution is -2.11. The van der Waals surface area contributed by atoms with Crippen molar-refractivity contribution in [3.05, 3.63) is 78.0 Å². The first kappa shape index (κ1) is 20.2. The standard InChI is InChI=1S/C21H12F4N4O2/c22-16-7-5-13(9-15(16)14-4-2-1-3-12(14)6-8-19(30)31)17-10-26-20-28-18(21(23,24)25)11-27-29(17)20/h1-11H,(H,30,31)/b8-6+. The highest BCUT2D eigenvalue weighted by Gasteiger charge is 2.33. The zero-order chi connectivity index (χ0) is 22.2. The van der Waals surface area contributed by atoms with E-state index < -0.39 is 23.7 Å². The molecule has 0 amide bonds. The van der Waals surface area contributed by atoms with E-state index in [2.05, 4.69) is 15.1 Å². The van der Waals surface area contributed by atoms with Gasteiger partial charge in [0, 0.05) is 17.2 Å². The van der Waals surface area contributed by atoms with Crippen LogP contribution in [0.15, 0.2) is 60.9 Å². The first-order valence-electron chi connectivity index (χ1n) is 8.82. The van der Waals surface area contributed by atoms with Crippen LogP contribution in [0.5, 0.6) is 0 Å². The summed E-state index contributed by atoms with van der Waals surface area (Å²) in [5.41, 5.74) is 0.687. The molecule has 31 heavy (non-hydrogen) atoms. The molecule has 2 heterocycles. The van der Waals surface area contributed by atoms with Gasteiger partial charge in [0.15, 0.2) is 5.69 Å². The Morgan fingerprint density at radius 3 is 2.58 bits per heavy atom. The minimum Gasteiger partial charge on any atom is -0.478 e. The van der Waals surface area contributed by atoms with Crippen LogP contribution >= 0.6 is 0 Å². The number of carboxylic acid groups (broad SMARTS) is 1. The van der Waals surface area contributed by atoms with Crippen LogP contribution in [0.3, 0.4) is 0 Å². The fraction of sp³-hybridized carbons (Fsp3) is 0.0476. The van der Waals surface area contributed by atoms with Crippen molar-refractivity contribution in [1.82, 2.24) is 19.6 Å². The molecule has 0 saturated carbocycles. The van der Waals surface area contributed by atoms with Crippen molar-refractivity contribution in [1.29, 1.82) is 0 Å². The normalized spacial score (nSPS) is 12.0. The number of nitrogens with zero attached hydrogens (tertiary/aromatic N) is 4. The number of imidazole rings is 1. The largest absolute Gasteiger partial charge is 0.478 e. The maximum Gasteiger partial charge on any atom is 0.435 e. The second-order valence-corrected chi connectivity index (χ2v) is 6.45. The lowest BCUT2D eigenvalue weighted by molar-refractivity contribution is -0.141. The number of halogens is 4. The van der Waals surface area contributed by atoms with Crippen LogP contribution in [0, 0.1) is 5.82 Å². The molecule has 4 aromatic rings. The molecule has 6 nitrogen and oxygen atoms in total. The molecule has 0 spiro atoms. The fourth-order valence-electron chi connectivity index (χ4n) is 3.05. The quantitative estimate of drug-likeness (QED) is 0.376. The molecular weight excluding hydrogens is 416 g/mol. The third-order valence-electron chi connectivity index (χ3n) is 4.44. The smallest absolute Gasteiger partial charge is 0.435 e. The summed E-state index contributed by atoms with van der Waals surface area (Å²) < 4.78 is 54.4. The molecule has 156 valence electrons. The monoisotopic (exact) mass is 428 g/mol. The van der Waals surface area contributed by atoms with E-state index in [0.29, 0.717) is 28.6 Å². The summed E-state index contributed by atoms with van der Waals surface area (Å²) in [4.78, 5) is 18.2. The van der Waals surface area contributed by atoms with Gasteiger partial charge in [-0.25, -0.2) is 19.2 Å². The third-order valence-corrected chi connectivity index (χ3v) is 4.44. The number of carbonyl (C=O) groups is 1. The summed E-state index contributed by atoms with van der Waals surface area (Å²) in [6.07, 6.45) is -0.477. The lowest BCUT2D eigenvalue weighted by atomic mass is 9.96. The van der Waals surface area contributed by atoms with Gasteiger partial charge in [0.25, 0.3) is 5.78 Å². The molecule has 2 aromatic heterocycles. The van der Waals surface area contributed by atoms with Gasteiger partial charge in [0.1, 0.15) is 5.82 Å². The Hall–Kier alpha value is -4.08. The summed E-state index contributed by atoms with van der Waals surface area (Å²) in [6, 6.07) is 10.8. The van der Waals surface area contributed by atoms with Crippen molar-refractivity contribution in [2.45, 2.75) is 6.18 Å². The summed E-state index contributed by atoms with van der Waals surface area (Å²) >= 11 is 0. The Kier molecular flexibility index (Phi) is 4.97. The zero-order valence-electron chi connectivity index (χ0n) is 15.5. The van der Waals surface area contributed by atoms with Crippen molar-refractivity contribution in [3.8, 4) is 22.4 Å². The van der Waals surface area contributed by atoms with Crippen molar-refractivity contribution in [2.24, 2.45) is 0 Å². The Bertz CT molecular complexity index is 1330. The minimum absolute atomic E-state index is 0.179. The molecule has 2 aromatic carbocycles. The van der Waals surface area contributed by atoms with Gasteiger partial charge in [-0.3, -0.25) is 0 Å². The molecule has 0 aliphatic carbocycles. The van der Waals surface area contributed by atoms with E-state index in [1.165, 1.54) is 30.5 Å². The number of fused-ring (bicyclic) bond motifs is 1. The third kappa shape index (κ3) is 4.00. The molecule has 0 radical (unpaired) electrons. The predicted octanol–water partition coefficient (Wildman–Crippen LogP) is 4.71. The average molecular weight is 428 g/mol. The maximum absolute atomic E-state index is 14.7. The highest BCUT2D eigenvalue weighted by Crippen LogP contribution is 2.32. The van der Waals surface area contributed by atoms with E-state index in [9.17, 15) is 22.4 Å². The predicted molar refractivity (Wildman–Crippen MR) is 103 cm³/mol. The SMILES string of the molecule is O=C(O)/C=C/c1ccccc1-c1cc(-c2cnc3nc(C(F)(F)F)cnn23)ccc1F. The zero-order valence-corrected chi connectivity index (χ0v) is 15.5. The van der Waals surface area contributed by atoms with Gasteiger partial charge in [-0.2, -0.15) is 22.8 Å². The second kappa shape index (κ2) is 7.63. The summed E-state index contributed by atoms with van der Waals surface area (Å²) in [5.74, 6) is -1.95. The van der Waals surface area contributed by atoms with E-state index in [1.807, 2.05) is 0 Å². The van der Waals surface area contributed by atoms with Gasteiger partial charge in [-0.05, 0) is 35.4 Å². The molecular formula is C21H12F4N4O2. The van der Waals surface area contributed by atoms with Crippen LogP contribution in [0.4, 0.5) is 17.6 Å². The van der Waals surface area contributed by atoms with E-state index in [-0.39, 0.29) is 11.3 Å². The van der Waals surface area contributed by atoms with Gasteiger partial charge >= 0.3 is 12.1 Å². The first-order valence-corrected chi connectivity index (χ1v) is 8.82. The maximum atomic E-state index is 14.7. The molecule has 0 aliphatic rings. The van der Waals surface area contributed by atoms with Gasteiger partial charge < -0.3 is 5.11 Å². The number of carboxylic acids is 1. The molecule has 0 aliphatic heterocycles. The van der Waals surface area contributed by atoms with Gasteiger partial charge in [-0.15, -0.1) is 0 Å². The molecule has 0 bridgehead atoms. The number of aliphatic carboxylic acids is 1. The minimum atomic E-state index is -4.66. The lowest BCUT2D eigenvalue weighted by Gasteiger charge is -2.10. The Morgan fingerprint density at radius 1 is 1.06 bits per heavy atom. The van der Waals surface area contributed by atoms with Crippen molar-refractivity contribution in [3.63, 3.8) is 0 Å². The second-order valence-electron chi connectivity index (χ2n) is 6.45. The molecule has 10 heteroatoms. The van der Waals surface area contributed by atoms with Crippen molar-refractivity contribution in [2.75, 3.05) is 0 Å². The van der Waals surface area contributed by atoms with E-state index >= 15 is 0 Å². The van der Waals surface area contributed by atoms with Gasteiger partial charge in [-0.1, -0.05) is 24.3 Å². The average Bonchev–Trinajstić information content (AvgIpc) is 3.16. The highest BCUT2D eigenvalue weighted by atomic mass is 19.4. The van der Waals surface area contributed by atoms with Crippen LogP contribution < -0.4 is 0 Å². The number of rotatable bonds is 4. The molecule has 4 rings (SSSR count). The molecule has 0 atom stereocenters. The Balaban J connectivity index is 1.82. The number of alkyl halides is 3. The molecule has 1 N–H and O–H groups in total. The molecule has 0 fully saturated rings. The Morgan fingerprint density at radius 2 is 1.84 bits per heavy atom. The van der Waals surface area contributed by atoms with Gasteiger partial charge in [0.05, 0.1) is 18.1 Å². The van der Waals surface area contributed by atoms with Crippen LogP contribution in [-0.4, -0.2) is 30.7 Å². The van der Waals surface area contributed by atoms with Gasteiger partial charge in [0.2, 0.25) is 0 Å². The van der Waals surface area contributed by atoms with E-state index in [0.717, 1.165) is 10.6 Å². The van der Waals surface area contributed by atoms with Crippen molar-refractivity contribution < 1.29 is 27.5 Å². The fourth-order valence-corrected chi connectivity index (χ4v) is 3.05. The van der Waals surface area contributed by atoms with Crippen LogP contribution in [0.1, 0.15) is 11.3 Å². The first-order chi connectivity index (χ1) is 14.7. The van der Waals surface area contributed by atoms with E-state index in [1.54, 1.807) is 24.3 Å². The Labute approximate surface area is 172 Å². The summed E-state index contributed by atoms with van der Waals surface area (Å²) in [6.45, 7) is 0. The number of aromatic nitrogens is 4. The number of hydrogen-bond acceptors (Lipinski definition) is 4. The topological polar surface area (TPSA) is 80.4 Å². The highest BCUT2D eigenvalue weighted by molar-refractivity contribution is 5.88. The van der Waals surface area contributed by atoms with Crippen LogP contribution in [0.25, 0.3) is 34.2 Å². The van der Waals surface area contributed by atoms with Crippen LogP contribution in [0.2, 0.25) is 0 Å². The van der Waals surface area contributed by atoms with Crippen LogP contribution in [-0.2, 0) is 11.0 Å². The van der Waals surface area contributed by atoms with Crippen molar-refractivity contribution >= 4 is 17.8 Å². The summed E-state index contributed by atoms with van der Waals surface area (Å²) in [7, 11) is 0. The number of benzene rings is 2. The molecule has 0 unspecified atom stereocenters.